The summed E-state index contributed by atoms with van der Waals surface area (Å²) in [5.74, 6) is -0.936. The largest absolute Gasteiger partial charge is 0.478 e. The number of nitrogens with one attached hydrogen (secondary N) is 1. The van der Waals surface area contributed by atoms with Crippen LogP contribution >= 0.6 is 0 Å². The Balaban J connectivity index is 2.14. The van der Waals surface area contributed by atoms with Gasteiger partial charge < -0.3 is 21.1 Å². The van der Waals surface area contributed by atoms with Gasteiger partial charge in [0.05, 0.1) is 16.9 Å². The van der Waals surface area contributed by atoms with Gasteiger partial charge in [0.25, 0.3) is 0 Å². The number of carbonyl (C=O) groups is 1. The molecule has 0 bridgehead atoms. The first-order valence-electron chi connectivity index (χ1n) is 6.59. The number of nitrogen functional groups attached to an aromatic ring is 1. The zero-order valence-electron chi connectivity index (χ0n) is 12.1. The van der Waals surface area contributed by atoms with Crippen molar-refractivity contribution in [2.24, 2.45) is 0 Å². The van der Waals surface area contributed by atoms with Gasteiger partial charge in [0.2, 0.25) is 0 Å². The molecule has 5 nitrogen and oxygen atoms in total. The summed E-state index contributed by atoms with van der Waals surface area (Å²) in [6.45, 7) is 0.831. The second-order valence-electron chi connectivity index (χ2n) is 5.17. The lowest BCUT2D eigenvalue weighted by atomic mass is 10.1. The molecule has 0 unspecified atom stereocenters. The van der Waals surface area contributed by atoms with Crippen LogP contribution in [0, 0.1) is 0 Å². The monoisotopic (exact) mass is 285 g/mol. The van der Waals surface area contributed by atoms with Crippen LogP contribution in [0.2, 0.25) is 0 Å². The molecular formula is C16H19N3O2. The molecule has 2 rings (SSSR count). The Morgan fingerprint density at radius 2 is 1.86 bits per heavy atom. The highest BCUT2D eigenvalue weighted by Gasteiger charge is 2.05. The third-order valence-corrected chi connectivity index (χ3v) is 3.03. The van der Waals surface area contributed by atoms with Crippen LogP contribution in [0.4, 0.5) is 17.1 Å². The van der Waals surface area contributed by atoms with Gasteiger partial charge in [-0.2, -0.15) is 0 Å². The maximum Gasteiger partial charge on any atom is 0.335 e. The third-order valence-electron chi connectivity index (χ3n) is 3.03. The Hall–Kier alpha value is -2.53. The molecule has 0 amide bonds. The molecule has 0 spiro atoms. The summed E-state index contributed by atoms with van der Waals surface area (Å²) in [6.07, 6.45) is 0. The number of hydrogen-bond acceptors (Lipinski definition) is 4. The normalized spacial score (nSPS) is 10.6. The van der Waals surface area contributed by atoms with Gasteiger partial charge in [0, 0.05) is 12.2 Å². The molecule has 0 radical (unpaired) electrons. The predicted molar refractivity (Wildman–Crippen MR) is 84.9 cm³/mol. The Labute approximate surface area is 124 Å². The number of anilines is 3. The molecule has 2 aromatic rings. The van der Waals surface area contributed by atoms with E-state index in [2.05, 4.69) is 10.2 Å². The molecule has 110 valence electrons. The minimum atomic E-state index is -0.936. The van der Waals surface area contributed by atoms with Crippen molar-refractivity contribution in [2.75, 3.05) is 25.1 Å². The average Bonchev–Trinajstić information content (AvgIpc) is 2.42. The molecule has 0 fully saturated rings. The number of carboxylic acid groups (broad SMARTS) is 1. The fourth-order valence-corrected chi connectivity index (χ4v) is 2.04. The molecule has 2 aromatic carbocycles. The van der Waals surface area contributed by atoms with Crippen molar-refractivity contribution >= 4 is 23.0 Å². The van der Waals surface area contributed by atoms with Crippen LogP contribution in [0.25, 0.3) is 0 Å². The molecule has 0 saturated carbocycles. The number of aromatic carboxylic acids is 1. The quantitative estimate of drug-likeness (QED) is 0.736. The predicted octanol–water partition coefficient (Wildman–Crippen LogP) is 2.77. The highest BCUT2D eigenvalue weighted by Crippen LogP contribution is 2.24. The first kappa shape index (κ1) is 14.9. The molecule has 0 aliphatic carbocycles. The minimum Gasteiger partial charge on any atom is -0.478 e. The molecule has 0 atom stereocenters. The summed E-state index contributed by atoms with van der Waals surface area (Å²) in [6, 6.07) is 12.4. The highest BCUT2D eigenvalue weighted by atomic mass is 16.4. The summed E-state index contributed by atoms with van der Waals surface area (Å²) in [7, 11) is 4.01. The topological polar surface area (TPSA) is 78.6 Å². The molecule has 0 heterocycles. The summed E-state index contributed by atoms with van der Waals surface area (Å²) >= 11 is 0. The zero-order valence-corrected chi connectivity index (χ0v) is 12.1. The van der Waals surface area contributed by atoms with Crippen LogP contribution in [0.1, 0.15) is 15.9 Å². The van der Waals surface area contributed by atoms with Crippen molar-refractivity contribution in [3.63, 3.8) is 0 Å². The Morgan fingerprint density at radius 3 is 2.38 bits per heavy atom. The standard InChI is InChI=1S/C16H19N3O2/c1-19(2)10-11-3-8-15(14(17)9-11)18-13-6-4-12(5-7-13)16(20)21/h3-9,18H,10,17H2,1-2H3,(H,20,21). The van der Waals surface area contributed by atoms with Gasteiger partial charge in [-0.3, -0.25) is 0 Å². The molecule has 0 aliphatic rings. The first-order valence-corrected chi connectivity index (χ1v) is 6.59. The smallest absolute Gasteiger partial charge is 0.335 e. The van der Waals surface area contributed by atoms with E-state index in [4.69, 9.17) is 10.8 Å². The van der Waals surface area contributed by atoms with E-state index < -0.39 is 5.97 Å². The molecule has 4 N–H and O–H groups in total. The maximum absolute atomic E-state index is 10.8. The van der Waals surface area contributed by atoms with Crippen LogP contribution in [0.3, 0.4) is 0 Å². The van der Waals surface area contributed by atoms with E-state index in [1.165, 1.54) is 0 Å². The highest BCUT2D eigenvalue weighted by molar-refractivity contribution is 5.88. The lowest BCUT2D eigenvalue weighted by Gasteiger charge is -2.13. The summed E-state index contributed by atoms with van der Waals surface area (Å²) in [5.41, 5.74) is 9.72. The second kappa shape index (κ2) is 6.28. The van der Waals surface area contributed by atoms with Gasteiger partial charge in [-0.1, -0.05) is 6.07 Å². The van der Waals surface area contributed by atoms with Gasteiger partial charge in [0.1, 0.15) is 0 Å². The fraction of sp³-hybridized carbons (Fsp3) is 0.188. The number of benzene rings is 2. The van der Waals surface area contributed by atoms with Crippen LogP contribution in [0.5, 0.6) is 0 Å². The van der Waals surface area contributed by atoms with Crippen molar-refractivity contribution in [3.05, 3.63) is 53.6 Å². The molecule has 0 aromatic heterocycles. The number of nitrogens with two attached hydrogens (primary N) is 1. The van der Waals surface area contributed by atoms with E-state index in [9.17, 15) is 4.79 Å². The molecule has 0 saturated heterocycles. The van der Waals surface area contributed by atoms with Crippen molar-refractivity contribution in [2.45, 2.75) is 6.54 Å². The average molecular weight is 285 g/mol. The van der Waals surface area contributed by atoms with Crippen molar-refractivity contribution in [3.8, 4) is 0 Å². The molecule has 21 heavy (non-hydrogen) atoms. The van der Waals surface area contributed by atoms with Gasteiger partial charge in [-0.15, -0.1) is 0 Å². The Bertz CT molecular complexity index is 636. The van der Waals surface area contributed by atoms with Crippen molar-refractivity contribution in [1.29, 1.82) is 0 Å². The van der Waals surface area contributed by atoms with E-state index in [1.54, 1.807) is 24.3 Å². The van der Waals surface area contributed by atoms with Gasteiger partial charge in [0.15, 0.2) is 0 Å². The third kappa shape index (κ3) is 3.97. The fourth-order valence-electron chi connectivity index (χ4n) is 2.04. The van der Waals surface area contributed by atoms with Crippen molar-refractivity contribution < 1.29 is 9.90 Å². The lowest BCUT2D eigenvalue weighted by molar-refractivity contribution is 0.0697. The van der Waals surface area contributed by atoms with Crippen LogP contribution in [0.15, 0.2) is 42.5 Å². The second-order valence-corrected chi connectivity index (χ2v) is 5.17. The SMILES string of the molecule is CN(C)Cc1ccc(Nc2ccc(C(=O)O)cc2)c(N)c1. The molecule has 5 heteroatoms. The van der Waals surface area contributed by atoms with E-state index in [1.807, 2.05) is 32.3 Å². The van der Waals surface area contributed by atoms with Gasteiger partial charge in [-0.05, 0) is 56.1 Å². The number of carboxylic acids is 1. The summed E-state index contributed by atoms with van der Waals surface area (Å²) < 4.78 is 0. The number of hydrogen-bond donors (Lipinski definition) is 3. The van der Waals surface area contributed by atoms with Crippen molar-refractivity contribution in [1.82, 2.24) is 4.90 Å². The van der Waals surface area contributed by atoms with E-state index >= 15 is 0 Å². The molecular weight excluding hydrogens is 266 g/mol. The zero-order chi connectivity index (χ0) is 15.4. The minimum absolute atomic E-state index is 0.259. The van der Waals surface area contributed by atoms with E-state index in [0.29, 0.717) is 5.69 Å². The molecule has 0 aliphatic heterocycles. The van der Waals surface area contributed by atoms with E-state index in [0.717, 1.165) is 23.5 Å². The van der Waals surface area contributed by atoms with Crippen LogP contribution in [-0.2, 0) is 6.54 Å². The Morgan fingerprint density at radius 1 is 1.19 bits per heavy atom. The Kier molecular flexibility index (Phi) is 4.45. The maximum atomic E-state index is 10.8. The number of nitrogens with zero attached hydrogens (tertiary/aromatic N) is 1. The number of rotatable bonds is 5. The van der Waals surface area contributed by atoms with Gasteiger partial charge >= 0.3 is 5.97 Å². The summed E-state index contributed by atoms with van der Waals surface area (Å²) in [5, 5.41) is 12.1. The van der Waals surface area contributed by atoms with E-state index in [-0.39, 0.29) is 5.56 Å². The van der Waals surface area contributed by atoms with Crippen LogP contribution in [-0.4, -0.2) is 30.1 Å². The van der Waals surface area contributed by atoms with Crippen LogP contribution < -0.4 is 11.1 Å². The first-order chi connectivity index (χ1) is 9.95. The summed E-state index contributed by atoms with van der Waals surface area (Å²) in [4.78, 5) is 12.9. The van der Waals surface area contributed by atoms with Gasteiger partial charge in [-0.25, -0.2) is 4.79 Å². The lowest BCUT2D eigenvalue weighted by Crippen LogP contribution is -2.11.